The molecule has 2 aliphatic rings. The SMILES string of the molecule is CC(COc1cc(C(F)(F)F)n(C)n1)OC(=O)C1CCC2(CC1)OCCO2. The van der Waals surface area contributed by atoms with Crippen LogP contribution in [0.1, 0.15) is 38.3 Å². The summed E-state index contributed by atoms with van der Waals surface area (Å²) in [4.78, 5) is 12.3. The molecular weight excluding hydrogens is 369 g/mol. The molecule has 1 saturated heterocycles. The van der Waals surface area contributed by atoms with Crippen LogP contribution >= 0.6 is 0 Å². The Morgan fingerprint density at radius 3 is 2.56 bits per heavy atom. The summed E-state index contributed by atoms with van der Waals surface area (Å²) in [6, 6.07) is 0.816. The highest BCUT2D eigenvalue weighted by Gasteiger charge is 2.42. The highest BCUT2D eigenvalue weighted by atomic mass is 19.4. The van der Waals surface area contributed by atoms with E-state index in [0.29, 0.717) is 43.6 Å². The average Bonchev–Trinajstić information content (AvgIpc) is 3.20. The molecule has 3 rings (SSSR count). The second-order valence-corrected chi connectivity index (χ2v) is 6.93. The van der Waals surface area contributed by atoms with E-state index in [1.165, 1.54) is 7.05 Å². The van der Waals surface area contributed by atoms with Crippen LogP contribution in [0, 0.1) is 5.92 Å². The third kappa shape index (κ3) is 4.73. The van der Waals surface area contributed by atoms with Crippen LogP contribution in [0.5, 0.6) is 5.88 Å². The first-order chi connectivity index (χ1) is 12.7. The molecule has 1 unspecified atom stereocenters. The second kappa shape index (κ2) is 7.67. The van der Waals surface area contributed by atoms with Crippen LogP contribution in [0.15, 0.2) is 6.07 Å². The lowest BCUT2D eigenvalue weighted by Gasteiger charge is -2.34. The summed E-state index contributed by atoms with van der Waals surface area (Å²) in [7, 11) is 1.19. The van der Waals surface area contributed by atoms with Gasteiger partial charge in [0.1, 0.15) is 18.4 Å². The second-order valence-electron chi connectivity index (χ2n) is 6.93. The number of hydrogen-bond acceptors (Lipinski definition) is 6. The Hall–Kier alpha value is -1.81. The zero-order valence-corrected chi connectivity index (χ0v) is 15.3. The number of hydrogen-bond donors (Lipinski definition) is 0. The van der Waals surface area contributed by atoms with Crippen molar-refractivity contribution in [3.63, 3.8) is 0 Å². The number of aryl methyl sites for hydroxylation is 1. The molecule has 1 aliphatic carbocycles. The van der Waals surface area contributed by atoms with Crippen LogP contribution in [0.2, 0.25) is 0 Å². The molecule has 0 amide bonds. The van der Waals surface area contributed by atoms with Crippen LogP contribution in [0.25, 0.3) is 0 Å². The fraction of sp³-hybridized carbons (Fsp3) is 0.765. The molecule has 1 saturated carbocycles. The number of carbonyl (C=O) groups is 1. The van der Waals surface area contributed by atoms with Gasteiger partial charge in [-0.1, -0.05) is 0 Å². The first-order valence-corrected chi connectivity index (χ1v) is 8.91. The smallest absolute Gasteiger partial charge is 0.433 e. The van der Waals surface area contributed by atoms with Gasteiger partial charge < -0.3 is 18.9 Å². The third-order valence-electron chi connectivity index (χ3n) is 4.83. The van der Waals surface area contributed by atoms with Crippen molar-refractivity contribution >= 4 is 5.97 Å². The lowest BCUT2D eigenvalue weighted by atomic mass is 9.85. The highest BCUT2D eigenvalue weighted by molar-refractivity contribution is 5.72. The zero-order chi connectivity index (χ0) is 19.7. The Kier molecular flexibility index (Phi) is 5.66. The predicted octanol–water partition coefficient (Wildman–Crippen LogP) is 2.68. The predicted molar refractivity (Wildman–Crippen MR) is 85.9 cm³/mol. The van der Waals surface area contributed by atoms with E-state index in [1.54, 1.807) is 6.92 Å². The van der Waals surface area contributed by atoms with Gasteiger partial charge in [-0.3, -0.25) is 9.48 Å². The molecule has 0 bridgehead atoms. The van der Waals surface area contributed by atoms with Gasteiger partial charge in [0.15, 0.2) is 5.79 Å². The Labute approximate surface area is 154 Å². The maximum absolute atomic E-state index is 12.7. The third-order valence-corrected chi connectivity index (χ3v) is 4.83. The molecule has 0 aromatic carbocycles. The van der Waals surface area contributed by atoms with Gasteiger partial charge in [0, 0.05) is 26.0 Å². The van der Waals surface area contributed by atoms with E-state index in [4.69, 9.17) is 18.9 Å². The molecule has 2 fully saturated rings. The summed E-state index contributed by atoms with van der Waals surface area (Å²) >= 11 is 0. The maximum Gasteiger partial charge on any atom is 0.433 e. The molecular formula is C17H23F3N2O5. The minimum Gasteiger partial charge on any atom is -0.473 e. The largest absolute Gasteiger partial charge is 0.473 e. The van der Waals surface area contributed by atoms with E-state index in [0.717, 1.165) is 6.07 Å². The first kappa shape index (κ1) is 19.9. The summed E-state index contributed by atoms with van der Waals surface area (Å²) in [5.41, 5.74) is -0.908. The Morgan fingerprint density at radius 1 is 1.37 bits per heavy atom. The van der Waals surface area contributed by atoms with Gasteiger partial charge in [0.05, 0.1) is 19.1 Å². The van der Waals surface area contributed by atoms with Gasteiger partial charge in [0.25, 0.3) is 0 Å². The highest BCUT2D eigenvalue weighted by Crippen LogP contribution is 2.38. The topological polar surface area (TPSA) is 71.8 Å². The Balaban J connectivity index is 1.44. The molecule has 27 heavy (non-hydrogen) atoms. The fourth-order valence-corrected chi connectivity index (χ4v) is 3.39. The van der Waals surface area contributed by atoms with E-state index < -0.39 is 23.8 Å². The summed E-state index contributed by atoms with van der Waals surface area (Å²) in [6.07, 6.45) is -2.60. The minimum absolute atomic E-state index is 0.0804. The number of esters is 1. The molecule has 7 nitrogen and oxygen atoms in total. The van der Waals surface area contributed by atoms with Crippen molar-refractivity contribution in [2.45, 2.75) is 50.7 Å². The van der Waals surface area contributed by atoms with Crippen molar-refractivity contribution in [3.05, 3.63) is 11.8 Å². The number of alkyl halides is 3. The normalized spacial score (nSPS) is 21.4. The van der Waals surface area contributed by atoms with E-state index >= 15 is 0 Å². The quantitative estimate of drug-likeness (QED) is 0.718. The molecule has 1 aliphatic heterocycles. The molecule has 1 aromatic heterocycles. The number of ether oxygens (including phenoxy) is 4. The molecule has 1 spiro atoms. The summed E-state index contributed by atoms with van der Waals surface area (Å²) in [5, 5.41) is 3.66. The lowest BCUT2D eigenvalue weighted by molar-refractivity contribution is -0.189. The minimum atomic E-state index is -4.51. The van der Waals surface area contributed by atoms with Crippen molar-refractivity contribution in [2.75, 3.05) is 19.8 Å². The average molecular weight is 392 g/mol. The van der Waals surface area contributed by atoms with Gasteiger partial charge in [-0.15, -0.1) is 5.10 Å². The molecule has 10 heteroatoms. The van der Waals surface area contributed by atoms with Gasteiger partial charge in [-0.2, -0.15) is 13.2 Å². The number of carbonyl (C=O) groups excluding carboxylic acids is 1. The maximum atomic E-state index is 12.7. The lowest BCUT2D eigenvalue weighted by Crippen LogP contribution is -2.38. The van der Waals surface area contributed by atoms with E-state index in [9.17, 15) is 18.0 Å². The van der Waals surface area contributed by atoms with Crippen molar-refractivity contribution < 1.29 is 36.9 Å². The summed E-state index contributed by atoms with van der Waals surface area (Å²) in [5.74, 6) is -1.28. The summed E-state index contributed by atoms with van der Waals surface area (Å²) in [6.45, 7) is 2.70. The number of halogens is 3. The van der Waals surface area contributed by atoms with Crippen LogP contribution in [0.3, 0.4) is 0 Å². The standard InChI is InChI=1S/C17H23F3N2O5/c1-11(10-24-14-9-13(17(18,19)20)22(2)21-14)27-15(23)12-3-5-16(6-4-12)25-7-8-26-16/h9,11-12H,3-8,10H2,1-2H3. The van der Waals surface area contributed by atoms with Crippen LogP contribution in [0.4, 0.5) is 13.2 Å². The van der Waals surface area contributed by atoms with Gasteiger partial charge >= 0.3 is 12.1 Å². The van der Waals surface area contributed by atoms with Crippen molar-refractivity contribution in [3.8, 4) is 5.88 Å². The van der Waals surface area contributed by atoms with E-state index in [1.807, 2.05) is 0 Å². The molecule has 1 atom stereocenters. The van der Waals surface area contributed by atoms with Crippen LogP contribution in [-0.2, 0) is 32.2 Å². The number of nitrogens with zero attached hydrogens (tertiary/aromatic N) is 2. The Bertz CT molecular complexity index is 660. The van der Waals surface area contributed by atoms with E-state index in [2.05, 4.69) is 5.10 Å². The summed E-state index contributed by atoms with van der Waals surface area (Å²) < 4.78 is 60.8. The fourth-order valence-electron chi connectivity index (χ4n) is 3.39. The molecule has 152 valence electrons. The van der Waals surface area contributed by atoms with Crippen molar-refractivity contribution in [1.82, 2.24) is 9.78 Å². The van der Waals surface area contributed by atoms with Crippen LogP contribution < -0.4 is 4.74 Å². The molecule has 0 radical (unpaired) electrons. The molecule has 2 heterocycles. The van der Waals surface area contributed by atoms with Gasteiger partial charge in [-0.05, 0) is 19.8 Å². The molecule has 0 N–H and O–H groups in total. The van der Waals surface area contributed by atoms with Gasteiger partial charge in [0.2, 0.25) is 5.88 Å². The van der Waals surface area contributed by atoms with Crippen LogP contribution in [-0.4, -0.2) is 47.5 Å². The first-order valence-electron chi connectivity index (χ1n) is 8.91. The monoisotopic (exact) mass is 392 g/mol. The Morgan fingerprint density at radius 2 is 2.00 bits per heavy atom. The zero-order valence-electron chi connectivity index (χ0n) is 15.3. The number of aromatic nitrogens is 2. The van der Waals surface area contributed by atoms with Gasteiger partial charge in [-0.25, -0.2) is 0 Å². The van der Waals surface area contributed by atoms with E-state index in [-0.39, 0.29) is 24.4 Å². The number of rotatable bonds is 5. The van der Waals surface area contributed by atoms with Crippen molar-refractivity contribution in [1.29, 1.82) is 0 Å². The van der Waals surface area contributed by atoms with Crippen molar-refractivity contribution in [2.24, 2.45) is 13.0 Å². The molecule has 1 aromatic rings.